The van der Waals surface area contributed by atoms with Crippen LogP contribution < -0.4 is 10.6 Å². The molecule has 4 bridgehead atoms. The van der Waals surface area contributed by atoms with Gasteiger partial charge in [-0.05, 0) is 94.7 Å². The summed E-state index contributed by atoms with van der Waals surface area (Å²) in [4.78, 5) is 25.1. The lowest BCUT2D eigenvalue weighted by molar-refractivity contribution is -0.140. The largest absolute Gasteiger partial charge is 0.444 e. The Bertz CT molecular complexity index is 730. The quantitative estimate of drug-likeness (QED) is 0.778. The van der Waals surface area contributed by atoms with Gasteiger partial charge in [0, 0.05) is 12.2 Å². The molecule has 1 aromatic rings. The number of carbonyl (C=O) groups is 2. The molecular weight excluding hydrogens is 352 g/mol. The van der Waals surface area contributed by atoms with Crippen LogP contribution in [0, 0.1) is 23.2 Å². The van der Waals surface area contributed by atoms with Crippen molar-refractivity contribution >= 4 is 17.7 Å². The summed E-state index contributed by atoms with van der Waals surface area (Å²) in [5.41, 5.74) is 1.08. The zero-order valence-electron chi connectivity index (χ0n) is 17.2. The van der Waals surface area contributed by atoms with E-state index in [9.17, 15) is 9.59 Å². The van der Waals surface area contributed by atoms with Crippen molar-refractivity contribution in [2.75, 3.05) is 5.32 Å². The van der Waals surface area contributed by atoms with Crippen LogP contribution in [0.1, 0.15) is 64.9 Å². The fraction of sp³-hybridized carbons (Fsp3) is 0.652. The van der Waals surface area contributed by atoms with E-state index in [-0.39, 0.29) is 11.3 Å². The van der Waals surface area contributed by atoms with Gasteiger partial charge in [-0.15, -0.1) is 0 Å². The number of hydrogen-bond acceptors (Lipinski definition) is 3. The second kappa shape index (κ2) is 7.09. The standard InChI is InChI=1S/C23H32N2O3/c1-22(2,3)28-21(27)24-14-15-5-4-6-19(10-15)25-20(26)23-11-16-7-17(12-23)9-18(8-16)13-23/h4-6,10,16-18H,7-9,11-14H2,1-3H3,(H,24,27)(H,25,26). The van der Waals surface area contributed by atoms with Gasteiger partial charge in [0.25, 0.3) is 0 Å². The van der Waals surface area contributed by atoms with Crippen molar-refractivity contribution in [1.82, 2.24) is 5.32 Å². The van der Waals surface area contributed by atoms with Gasteiger partial charge in [-0.3, -0.25) is 4.79 Å². The Morgan fingerprint density at radius 3 is 2.25 bits per heavy atom. The SMILES string of the molecule is CC(C)(C)OC(=O)NCc1cccc(NC(=O)C23CC4CC(CC(C4)C2)C3)c1. The zero-order chi connectivity index (χ0) is 19.9. The Kier molecular flexibility index (Phi) is 4.88. The van der Waals surface area contributed by atoms with Crippen molar-refractivity contribution in [3.8, 4) is 0 Å². The summed E-state index contributed by atoms with van der Waals surface area (Å²) < 4.78 is 5.27. The van der Waals surface area contributed by atoms with Crippen LogP contribution in [0.2, 0.25) is 0 Å². The Labute approximate surface area is 167 Å². The number of rotatable bonds is 4. The minimum atomic E-state index is -0.516. The highest BCUT2D eigenvalue weighted by Crippen LogP contribution is 2.60. The molecule has 0 aliphatic heterocycles. The molecule has 4 aliphatic rings. The molecule has 4 aliphatic carbocycles. The van der Waals surface area contributed by atoms with Crippen molar-refractivity contribution in [3.05, 3.63) is 29.8 Å². The fourth-order valence-corrected chi connectivity index (χ4v) is 5.90. The molecule has 0 spiro atoms. The summed E-state index contributed by atoms with van der Waals surface area (Å²) in [6.07, 6.45) is 6.74. The Hall–Kier alpha value is -2.04. The first-order valence-electron chi connectivity index (χ1n) is 10.6. The predicted molar refractivity (Wildman–Crippen MR) is 109 cm³/mol. The van der Waals surface area contributed by atoms with E-state index in [1.807, 2.05) is 45.0 Å². The summed E-state index contributed by atoms with van der Waals surface area (Å²) >= 11 is 0. The van der Waals surface area contributed by atoms with Crippen LogP contribution in [0.15, 0.2) is 24.3 Å². The van der Waals surface area contributed by atoms with E-state index in [4.69, 9.17) is 4.74 Å². The number of benzene rings is 1. The first kappa shape index (κ1) is 19.3. The maximum atomic E-state index is 13.2. The lowest BCUT2D eigenvalue weighted by Crippen LogP contribution is -2.51. The molecule has 0 atom stereocenters. The second-order valence-electron chi connectivity index (χ2n) is 10.2. The summed E-state index contributed by atoms with van der Waals surface area (Å²) in [6.45, 7) is 5.89. The normalized spacial score (nSPS) is 30.8. The van der Waals surface area contributed by atoms with Gasteiger partial charge >= 0.3 is 6.09 Å². The minimum absolute atomic E-state index is 0.153. The number of hydrogen-bond donors (Lipinski definition) is 2. The fourth-order valence-electron chi connectivity index (χ4n) is 5.90. The Balaban J connectivity index is 1.37. The number of ether oxygens (including phenoxy) is 1. The van der Waals surface area contributed by atoms with Gasteiger partial charge in [-0.2, -0.15) is 0 Å². The molecule has 5 rings (SSSR count). The van der Waals surface area contributed by atoms with E-state index < -0.39 is 11.7 Å². The van der Waals surface area contributed by atoms with Crippen molar-refractivity contribution < 1.29 is 14.3 Å². The maximum Gasteiger partial charge on any atom is 0.407 e. The second-order valence-corrected chi connectivity index (χ2v) is 10.2. The zero-order valence-corrected chi connectivity index (χ0v) is 17.2. The number of carbonyl (C=O) groups excluding carboxylic acids is 2. The summed E-state index contributed by atoms with van der Waals surface area (Å²) in [6, 6.07) is 7.73. The molecule has 0 aromatic heterocycles. The van der Waals surface area contributed by atoms with E-state index in [1.54, 1.807) is 0 Å². The van der Waals surface area contributed by atoms with E-state index in [2.05, 4.69) is 10.6 Å². The third-order valence-corrected chi connectivity index (χ3v) is 6.54. The number of nitrogens with one attached hydrogen (secondary N) is 2. The monoisotopic (exact) mass is 384 g/mol. The third-order valence-electron chi connectivity index (χ3n) is 6.54. The lowest BCUT2D eigenvalue weighted by atomic mass is 9.49. The molecule has 4 fully saturated rings. The van der Waals surface area contributed by atoms with Crippen LogP contribution in [-0.2, 0) is 16.1 Å². The molecule has 0 radical (unpaired) electrons. The van der Waals surface area contributed by atoms with Crippen LogP contribution in [0.3, 0.4) is 0 Å². The molecule has 28 heavy (non-hydrogen) atoms. The van der Waals surface area contributed by atoms with Crippen molar-refractivity contribution in [3.63, 3.8) is 0 Å². The van der Waals surface area contributed by atoms with Crippen LogP contribution in [-0.4, -0.2) is 17.6 Å². The van der Waals surface area contributed by atoms with Crippen LogP contribution in [0.25, 0.3) is 0 Å². The number of alkyl carbamates (subject to hydrolysis) is 1. The van der Waals surface area contributed by atoms with Crippen LogP contribution in [0.5, 0.6) is 0 Å². The smallest absolute Gasteiger partial charge is 0.407 e. The highest BCUT2D eigenvalue weighted by Gasteiger charge is 2.54. The van der Waals surface area contributed by atoms with Gasteiger partial charge in [0.05, 0.1) is 5.41 Å². The van der Waals surface area contributed by atoms with Crippen molar-refractivity contribution in [1.29, 1.82) is 0 Å². The first-order chi connectivity index (χ1) is 13.2. The first-order valence-corrected chi connectivity index (χ1v) is 10.6. The van der Waals surface area contributed by atoms with Gasteiger partial charge in [-0.25, -0.2) is 4.79 Å². The molecule has 0 saturated heterocycles. The van der Waals surface area contributed by atoms with Gasteiger partial charge in [-0.1, -0.05) is 12.1 Å². The highest BCUT2D eigenvalue weighted by atomic mass is 16.6. The average Bonchev–Trinajstić information content (AvgIpc) is 2.58. The molecule has 1 aromatic carbocycles. The summed E-state index contributed by atoms with van der Waals surface area (Å²) in [5, 5.41) is 5.95. The number of amides is 2. The summed E-state index contributed by atoms with van der Waals surface area (Å²) in [5.74, 6) is 2.45. The molecule has 2 amide bonds. The van der Waals surface area contributed by atoms with E-state index in [1.165, 1.54) is 19.3 Å². The minimum Gasteiger partial charge on any atom is -0.444 e. The lowest BCUT2D eigenvalue weighted by Gasteiger charge is -2.55. The Morgan fingerprint density at radius 2 is 1.68 bits per heavy atom. The third kappa shape index (κ3) is 4.18. The van der Waals surface area contributed by atoms with Crippen molar-refractivity contribution in [2.45, 2.75) is 71.4 Å². The summed E-state index contributed by atoms with van der Waals surface area (Å²) in [7, 11) is 0. The molecule has 2 N–H and O–H groups in total. The van der Waals surface area contributed by atoms with Crippen molar-refractivity contribution in [2.24, 2.45) is 23.2 Å². The van der Waals surface area contributed by atoms with E-state index in [0.29, 0.717) is 6.54 Å². The Morgan fingerprint density at radius 1 is 1.07 bits per heavy atom. The maximum absolute atomic E-state index is 13.2. The van der Waals surface area contributed by atoms with Crippen LogP contribution >= 0.6 is 0 Å². The van der Waals surface area contributed by atoms with Crippen LogP contribution in [0.4, 0.5) is 10.5 Å². The molecular formula is C23H32N2O3. The molecule has 0 heterocycles. The predicted octanol–water partition coefficient (Wildman–Crippen LogP) is 4.87. The van der Waals surface area contributed by atoms with E-state index in [0.717, 1.165) is 48.3 Å². The van der Waals surface area contributed by atoms with Gasteiger partial charge in [0.15, 0.2) is 0 Å². The van der Waals surface area contributed by atoms with Gasteiger partial charge < -0.3 is 15.4 Å². The van der Waals surface area contributed by atoms with E-state index >= 15 is 0 Å². The molecule has 152 valence electrons. The molecule has 0 unspecified atom stereocenters. The number of anilines is 1. The van der Waals surface area contributed by atoms with Gasteiger partial charge in [0.2, 0.25) is 5.91 Å². The molecule has 5 nitrogen and oxygen atoms in total. The molecule has 5 heteroatoms. The molecule has 4 saturated carbocycles. The topological polar surface area (TPSA) is 67.4 Å². The average molecular weight is 385 g/mol. The van der Waals surface area contributed by atoms with Gasteiger partial charge in [0.1, 0.15) is 5.60 Å². The highest BCUT2D eigenvalue weighted by molar-refractivity contribution is 5.95.